The van der Waals surface area contributed by atoms with Crippen molar-refractivity contribution >= 4 is 23.1 Å². The predicted octanol–water partition coefficient (Wildman–Crippen LogP) is 3.35. The standard InChI is InChI=1S/C24H31N5O2/c1-2-25-24(30)26-21-6-3-5-19(17-21)18-28-11-9-20(10-12-28)22-7-4-8-23(27-22)29-13-15-31-16-14-29/h3-9,17H,2,10-16,18H2,1H3,(H2,25,26,30). The van der Waals surface area contributed by atoms with Crippen molar-refractivity contribution in [3.63, 3.8) is 0 Å². The van der Waals surface area contributed by atoms with Gasteiger partial charge in [-0.3, -0.25) is 4.90 Å². The van der Waals surface area contributed by atoms with Gasteiger partial charge in [-0.25, -0.2) is 9.78 Å². The molecule has 2 amide bonds. The van der Waals surface area contributed by atoms with Gasteiger partial charge in [0.2, 0.25) is 0 Å². The minimum absolute atomic E-state index is 0.169. The molecule has 2 N–H and O–H groups in total. The van der Waals surface area contributed by atoms with E-state index in [1.54, 1.807) is 0 Å². The Bertz CT molecular complexity index is 924. The van der Waals surface area contributed by atoms with Crippen molar-refractivity contribution in [3.05, 3.63) is 59.8 Å². The summed E-state index contributed by atoms with van der Waals surface area (Å²) >= 11 is 0. The molecule has 1 aromatic carbocycles. The van der Waals surface area contributed by atoms with Gasteiger partial charge in [0.25, 0.3) is 0 Å². The van der Waals surface area contributed by atoms with Crippen LogP contribution in [0.5, 0.6) is 0 Å². The molecule has 1 saturated heterocycles. The van der Waals surface area contributed by atoms with Crippen LogP contribution in [0.15, 0.2) is 48.5 Å². The average molecular weight is 422 g/mol. The van der Waals surface area contributed by atoms with Crippen LogP contribution < -0.4 is 15.5 Å². The van der Waals surface area contributed by atoms with Crippen LogP contribution in [0.1, 0.15) is 24.6 Å². The van der Waals surface area contributed by atoms with E-state index in [0.29, 0.717) is 6.54 Å². The molecule has 0 saturated carbocycles. The second-order valence-corrected chi connectivity index (χ2v) is 7.88. The number of rotatable bonds is 6. The van der Waals surface area contributed by atoms with E-state index in [1.165, 1.54) is 11.1 Å². The van der Waals surface area contributed by atoms with Gasteiger partial charge >= 0.3 is 6.03 Å². The van der Waals surface area contributed by atoms with Gasteiger partial charge in [-0.15, -0.1) is 0 Å². The van der Waals surface area contributed by atoms with Crippen molar-refractivity contribution in [2.24, 2.45) is 0 Å². The summed E-state index contributed by atoms with van der Waals surface area (Å²) in [6.45, 7) is 8.59. The molecular formula is C24H31N5O2. The van der Waals surface area contributed by atoms with Crippen LogP contribution in [-0.4, -0.2) is 61.9 Å². The fraction of sp³-hybridized carbons (Fsp3) is 0.417. The molecule has 164 valence electrons. The fourth-order valence-corrected chi connectivity index (χ4v) is 4.00. The molecule has 1 fully saturated rings. The van der Waals surface area contributed by atoms with E-state index in [2.05, 4.69) is 50.8 Å². The Balaban J connectivity index is 1.36. The lowest BCUT2D eigenvalue weighted by Gasteiger charge is -2.29. The third-order valence-corrected chi connectivity index (χ3v) is 5.62. The number of anilines is 2. The number of hydrogen-bond acceptors (Lipinski definition) is 5. The molecule has 0 atom stereocenters. The first-order chi connectivity index (χ1) is 15.2. The first-order valence-corrected chi connectivity index (χ1v) is 11.1. The highest BCUT2D eigenvalue weighted by Crippen LogP contribution is 2.24. The zero-order valence-electron chi connectivity index (χ0n) is 18.1. The highest BCUT2D eigenvalue weighted by Gasteiger charge is 2.17. The number of morpholine rings is 1. The van der Waals surface area contributed by atoms with E-state index in [9.17, 15) is 4.79 Å². The minimum atomic E-state index is -0.169. The van der Waals surface area contributed by atoms with Crippen LogP contribution in [0.3, 0.4) is 0 Å². The minimum Gasteiger partial charge on any atom is -0.378 e. The zero-order chi connectivity index (χ0) is 21.5. The number of amides is 2. The summed E-state index contributed by atoms with van der Waals surface area (Å²) in [5, 5.41) is 5.64. The van der Waals surface area contributed by atoms with Gasteiger partial charge in [-0.2, -0.15) is 0 Å². The molecule has 1 aromatic heterocycles. The quantitative estimate of drug-likeness (QED) is 0.749. The maximum atomic E-state index is 11.8. The summed E-state index contributed by atoms with van der Waals surface area (Å²) in [6, 6.07) is 14.2. The molecule has 7 heteroatoms. The Morgan fingerprint density at radius 3 is 2.74 bits per heavy atom. The van der Waals surface area contributed by atoms with Crippen molar-refractivity contribution in [1.82, 2.24) is 15.2 Å². The number of benzene rings is 1. The zero-order valence-corrected chi connectivity index (χ0v) is 18.1. The van der Waals surface area contributed by atoms with Crippen molar-refractivity contribution in [2.75, 3.05) is 56.2 Å². The summed E-state index contributed by atoms with van der Waals surface area (Å²) in [5.74, 6) is 1.04. The number of carbonyl (C=O) groups is 1. The van der Waals surface area contributed by atoms with Crippen molar-refractivity contribution in [1.29, 1.82) is 0 Å². The third kappa shape index (κ3) is 5.83. The summed E-state index contributed by atoms with van der Waals surface area (Å²) in [6.07, 6.45) is 3.28. The lowest BCUT2D eigenvalue weighted by molar-refractivity contribution is 0.122. The Morgan fingerprint density at radius 1 is 1.13 bits per heavy atom. The van der Waals surface area contributed by atoms with Crippen LogP contribution in [0, 0.1) is 0 Å². The van der Waals surface area contributed by atoms with E-state index in [0.717, 1.165) is 69.6 Å². The van der Waals surface area contributed by atoms with Crippen LogP contribution in [0.4, 0.5) is 16.3 Å². The third-order valence-electron chi connectivity index (χ3n) is 5.62. The van der Waals surface area contributed by atoms with E-state index < -0.39 is 0 Å². The fourth-order valence-electron chi connectivity index (χ4n) is 4.00. The number of pyridine rings is 1. The molecule has 31 heavy (non-hydrogen) atoms. The van der Waals surface area contributed by atoms with Gasteiger partial charge in [0, 0.05) is 45.0 Å². The number of hydrogen-bond donors (Lipinski definition) is 2. The molecule has 2 aliphatic rings. The molecule has 0 radical (unpaired) electrons. The monoisotopic (exact) mass is 421 g/mol. The molecule has 2 aliphatic heterocycles. The second kappa shape index (κ2) is 10.4. The van der Waals surface area contributed by atoms with Crippen LogP contribution in [-0.2, 0) is 11.3 Å². The molecule has 0 bridgehead atoms. The smallest absolute Gasteiger partial charge is 0.319 e. The maximum Gasteiger partial charge on any atom is 0.319 e. The molecule has 0 spiro atoms. The Hall–Kier alpha value is -2.90. The largest absolute Gasteiger partial charge is 0.378 e. The molecular weight excluding hydrogens is 390 g/mol. The summed E-state index contributed by atoms with van der Waals surface area (Å²) in [7, 11) is 0. The highest BCUT2D eigenvalue weighted by molar-refractivity contribution is 5.89. The van der Waals surface area contributed by atoms with Crippen LogP contribution in [0.2, 0.25) is 0 Å². The van der Waals surface area contributed by atoms with Crippen LogP contribution in [0.25, 0.3) is 5.57 Å². The highest BCUT2D eigenvalue weighted by atomic mass is 16.5. The SMILES string of the molecule is CCNC(=O)Nc1cccc(CN2CC=C(c3cccc(N4CCOCC4)n3)CC2)c1. The van der Waals surface area contributed by atoms with Gasteiger partial charge in [0.05, 0.1) is 18.9 Å². The number of aromatic nitrogens is 1. The van der Waals surface area contributed by atoms with Gasteiger partial charge in [0.15, 0.2) is 0 Å². The van der Waals surface area contributed by atoms with Gasteiger partial charge in [0.1, 0.15) is 5.82 Å². The molecule has 4 rings (SSSR count). The predicted molar refractivity (Wildman–Crippen MR) is 124 cm³/mol. The lowest BCUT2D eigenvalue weighted by Crippen LogP contribution is -2.36. The normalized spacial score (nSPS) is 17.2. The van der Waals surface area contributed by atoms with E-state index in [1.807, 2.05) is 25.1 Å². The summed E-state index contributed by atoms with van der Waals surface area (Å²) < 4.78 is 5.46. The second-order valence-electron chi connectivity index (χ2n) is 7.88. The van der Waals surface area contributed by atoms with Crippen molar-refractivity contribution in [3.8, 4) is 0 Å². The molecule has 7 nitrogen and oxygen atoms in total. The van der Waals surface area contributed by atoms with Gasteiger partial charge in [-0.05, 0) is 48.7 Å². The van der Waals surface area contributed by atoms with E-state index >= 15 is 0 Å². The first-order valence-electron chi connectivity index (χ1n) is 11.1. The average Bonchev–Trinajstić information content (AvgIpc) is 2.81. The molecule has 0 unspecified atom stereocenters. The first kappa shape index (κ1) is 21.3. The number of carbonyl (C=O) groups excluding carboxylic acids is 1. The number of ether oxygens (including phenoxy) is 1. The summed E-state index contributed by atoms with van der Waals surface area (Å²) in [4.78, 5) is 21.4. The van der Waals surface area contributed by atoms with E-state index in [-0.39, 0.29) is 6.03 Å². The molecule has 2 aromatic rings. The lowest BCUT2D eigenvalue weighted by atomic mass is 10.0. The molecule has 3 heterocycles. The summed E-state index contributed by atoms with van der Waals surface area (Å²) in [5.41, 5.74) is 4.41. The van der Waals surface area contributed by atoms with Crippen molar-refractivity contribution in [2.45, 2.75) is 19.9 Å². The number of urea groups is 1. The van der Waals surface area contributed by atoms with Gasteiger partial charge < -0.3 is 20.3 Å². The Labute approximate surface area is 184 Å². The number of nitrogens with zero attached hydrogens (tertiary/aromatic N) is 3. The van der Waals surface area contributed by atoms with E-state index in [4.69, 9.17) is 9.72 Å². The maximum absolute atomic E-state index is 11.8. The Kier molecular flexibility index (Phi) is 7.17. The molecule has 0 aliphatic carbocycles. The topological polar surface area (TPSA) is 69.7 Å². The van der Waals surface area contributed by atoms with Crippen LogP contribution >= 0.6 is 0 Å². The van der Waals surface area contributed by atoms with Crippen molar-refractivity contribution < 1.29 is 9.53 Å². The number of nitrogens with one attached hydrogen (secondary N) is 2. The van der Waals surface area contributed by atoms with Gasteiger partial charge in [-0.1, -0.05) is 24.3 Å². The Morgan fingerprint density at radius 2 is 1.97 bits per heavy atom.